The highest BCUT2D eigenvalue weighted by Gasteiger charge is 2.11. The monoisotopic (exact) mass is 429 g/mol. The Hall–Kier alpha value is -1.46. The van der Waals surface area contributed by atoms with Gasteiger partial charge >= 0.3 is 0 Å². The number of carbonyl (C=O) groups is 1. The zero-order chi connectivity index (χ0) is 20.6. The highest BCUT2D eigenvalue weighted by Crippen LogP contribution is 2.27. The van der Waals surface area contributed by atoms with Crippen molar-refractivity contribution in [3.8, 4) is 11.5 Å². The highest BCUT2D eigenvalue weighted by molar-refractivity contribution is 5.85. The molecule has 0 aromatic heterocycles. The van der Waals surface area contributed by atoms with Crippen LogP contribution in [0, 0.1) is 5.92 Å². The number of amides is 1. The number of rotatable bonds is 16. The van der Waals surface area contributed by atoms with Gasteiger partial charge < -0.3 is 19.9 Å². The number of carbonyl (C=O) groups excluding carboxylic acids is 1. The van der Waals surface area contributed by atoms with Crippen molar-refractivity contribution >= 4 is 18.3 Å². The first kappa shape index (κ1) is 27.5. The Morgan fingerprint density at radius 2 is 1.86 bits per heavy atom. The van der Waals surface area contributed by atoms with Crippen molar-refractivity contribution in [2.24, 2.45) is 5.92 Å². The van der Waals surface area contributed by atoms with Crippen LogP contribution in [0.3, 0.4) is 0 Å². The van der Waals surface area contributed by atoms with Gasteiger partial charge in [0.2, 0.25) is 5.91 Å². The van der Waals surface area contributed by atoms with Gasteiger partial charge in [-0.1, -0.05) is 45.6 Å². The van der Waals surface area contributed by atoms with E-state index in [4.69, 9.17) is 9.47 Å². The molecule has 6 heteroatoms. The van der Waals surface area contributed by atoms with Crippen LogP contribution in [0.5, 0.6) is 11.5 Å². The fourth-order valence-electron chi connectivity index (χ4n) is 3.04. The van der Waals surface area contributed by atoms with Gasteiger partial charge in [0, 0.05) is 32.6 Å². The van der Waals surface area contributed by atoms with Gasteiger partial charge in [0.05, 0.1) is 6.61 Å². The average molecular weight is 430 g/mol. The summed E-state index contributed by atoms with van der Waals surface area (Å²) in [5.41, 5.74) is 1.18. The lowest BCUT2D eigenvalue weighted by atomic mass is 10.00. The van der Waals surface area contributed by atoms with Gasteiger partial charge in [-0.15, -0.1) is 12.4 Å². The van der Waals surface area contributed by atoms with Crippen LogP contribution in [-0.2, 0) is 16.0 Å². The van der Waals surface area contributed by atoms with E-state index in [9.17, 15) is 9.90 Å². The van der Waals surface area contributed by atoms with Crippen LogP contribution in [0.4, 0.5) is 0 Å². The molecule has 1 aromatic carbocycles. The third-order valence-electron chi connectivity index (χ3n) is 4.90. The molecule has 1 amide bonds. The lowest BCUT2D eigenvalue weighted by Crippen LogP contribution is -2.29. The summed E-state index contributed by atoms with van der Waals surface area (Å²) < 4.78 is 10.6. The van der Waals surface area contributed by atoms with Crippen molar-refractivity contribution in [1.29, 1.82) is 0 Å². The van der Waals surface area contributed by atoms with Crippen LogP contribution in [-0.4, -0.2) is 37.9 Å². The maximum absolute atomic E-state index is 11.9. The van der Waals surface area contributed by atoms with Crippen molar-refractivity contribution in [3.05, 3.63) is 23.8 Å². The molecule has 0 spiro atoms. The topological polar surface area (TPSA) is 67.8 Å². The molecule has 1 atom stereocenters. The maximum atomic E-state index is 11.9. The first-order valence-electron chi connectivity index (χ1n) is 10.8. The van der Waals surface area contributed by atoms with Crippen molar-refractivity contribution < 1.29 is 19.4 Å². The molecule has 0 aliphatic heterocycles. The molecular weight excluding hydrogens is 390 g/mol. The first-order chi connectivity index (χ1) is 13.6. The summed E-state index contributed by atoms with van der Waals surface area (Å²) in [6, 6.07) is 5.60. The van der Waals surface area contributed by atoms with E-state index in [2.05, 4.69) is 12.2 Å². The van der Waals surface area contributed by atoms with Gasteiger partial charge in [-0.2, -0.15) is 0 Å². The average Bonchev–Trinajstić information content (AvgIpc) is 2.69. The largest absolute Gasteiger partial charge is 0.504 e. The molecule has 1 rings (SSSR count). The van der Waals surface area contributed by atoms with Crippen LogP contribution in [0.25, 0.3) is 0 Å². The number of aryl methyl sites for hydroxylation is 1. The predicted molar refractivity (Wildman–Crippen MR) is 121 cm³/mol. The van der Waals surface area contributed by atoms with E-state index in [-0.39, 0.29) is 30.0 Å². The summed E-state index contributed by atoms with van der Waals surface area (Å²) in [5.74, 6) is 1.03. The van der Waals surface area contributed by atoms with E-state index in [1.165, 1.54) is 5.56 Å². The SMILES string of the molecule is CCCCNC(=O)[C@H](C)CCCCCCc1ccc(O)c(OCCCOC)c1.Cl. The van der Waals surface area contributed by atoms with E-state index >= 15 is 0 Å². The molecule has 0 aliphatic rings. The normalized spacial score (nSPS) is 11.6. The van der Waals surface area contributed by atoms with Crippen molar-refractivity contribution in [3.63, 3.8) is 0 Å². The Morgan fingerprint density at radius 3 is 2.59 bits per heavy atom. The highest BCUT2D eigenvalue weighted by atomic mass is 35.5. The molecule has 1 aromatic rings. The summed E-state index contributed by atoms with van der Waals surface area (Å²) >= 11 is 0. The number of nitrogens with one attached hydrogen (secondary N) is 1. The van der Waals surface area contributed by atoms with Crippen molar-refractivity contribution in [1.82, 2.24) is 5.32 Å². The summed E-state index contributed by atoms with van der Waals surface area (Å²) in [6.07, 6.45) is 9.37. The second-order valence-corrected chi connectivity index (χ2v) is 7.50. The first-order valence-corrected chi connectivity index (χ1v) is 10.8. The zero-order valence-corrected chi connectivity index (χ0v) is 19.2. The summed E-state index contributed by atoms with van der Waals surface area (Å²) in [7, 11) is 1.67. The number of phenolic OH excluding ortho intramolecular Hbond substituents is 1. The molecule has 2 N–H and O–H groups in total. The number of unbranched alkanes of at least 4 members (excludes halogenated alkanes) is 4. The number of aromatic hydroxyl groups is 1. The molecule has 168 valence electrons. The molecule has 0 bridgehead atoms. The number of ether oxygens (including phenoxy) is 2. The summed E-state index contributed by atoms with van der Waals surface area (Å²) in [6.45, 7) is 6.13. The predicted octanol–water partition coefficient (Wildman–Crippen LogP) is 5.27. The number of hydrogen-bond acceptors (Lipinski definition) is 4. The van der Waals surface area contributed by atoms with Gasteiger partial charge in [-0.05, 0) is 43.4 Å². The molecule has 0 heterocycles. The van der Waals surface area contributed by atoms with Gasteiger partial charge in [0.25, 0.3) is 0 Å². The third-order valence-corrected chi connectivity index (χ3v) is 4.90. The molecule has 0 aliphatic carbocycles. The van der Waals surface area contributed by atoms with Crippen LogP contribution < -0.4 is 10.1 Å². The summed E-state index contributed by atoms with van der Waals surface area (Å²) in [5, 5.41) is 12.9. The number of methoxy groups -OCH3 is 1. The van der Waals surface area contributed by atoms with E-state index < -0.39 is 0 Å². The van der Waals surface area contributed by atoms with E-state index in [1.54, 1.807) is 13.2 Å². The second-order valence-electron chi connectivity index (χ2n) is 7.50. The van der Waals surface area contributed by atoms with Gasteiger partial charge in [0.1, 0.15) is 0 Å². The van der Waals surface area contributed by atoms with Crippen molar-refractivity contribution in [2.75, 3.05) is 26.9 Å². The van der Waals surface area contributed by atoms with Gasteiger partial charge in [0.15, 0.2) is 11.5 Å². The molecule has 0 saturated carbocycles. The molecular formula is C23H40ClNO4. The minimum atomic E-state index is 0. The Morgan fingerprint density at radius 1 is 1.10 bits per heavy atom. The van der Waals surface area contributed by atoms with Crippen LogP contribution in [0.15, 0.2) is 18.2 Å². The van der Waals surface area contributed by atoms with Crippen LogP contribution in [0.2, 0.25) is 0 Å². The fraction of sp³-hybridized carbons (Fsp3) is 0.696. The number of halogens is 1. The van der Waals surface area contributed by atoms with E-state index in [0.29, 0.717) is 19.0 Å². The Balaban J connectivity index is 0.00000784. The maximum Gasteiger partial charge on any atom is 0.222 e. The van der Waals surface area contributed by atoms with Crippen LogP contribution in [0.1, 0.15) is 70.8 Å². The second kappa shape index (κ2) is 17.4. The Bertz CT molecular complexity index is 554. The Kier molecular flexibility index (Phi) is 16.5. The lowest BCUT2D eigenvalue weighted by molar-refractivity contribution is -0.124. The molecule has 29 heavy (non-hydrogen) atoms. The van der Waals surface area contributed by atoms with Gasteiger partial charge in [-0.3, -0.25) is 4.79 Å². The van der Waals surface area contributed by atoms with Crippen molar-refractivity contribution in [2.45, 2.75) is 71.6 Å². The summed E-state index contributed by atoms with van der Waals surface area (Å²) in [4.78, 5) is 11.9. The standard InChI is InChI=1S/C23H39NO4.ClH/c1-4-5-15-24-23(26)19(2)11-8-6-7-9-12-20-13-14-21(25)22(18-20)28-17-10-16-27-3;/h13-14,18-19,25H,4-12,15-17H2,1-3H3,(H,24,26);1H/t19-;/m1./s1. The van der Waals surface area contributed by atoms with Crippen LogP contribution >= 0.6 is 12.4 Å². The minimum Gasteiger partial charge on any atom is -0.504 e. The number of hydrogen-bond donors (Lipinski definition) is 2. The molecule has 5 nitrogen and oxygen atoms in total. The third kappa shape index (κ3) is 12.7. The van der Waals surface area contributed by atoms with E-state index in [0.717, 1.165) is 64.3 Å². The zero-order valence-electron chi connectivity index (χ0n) is 18.4. The van der Waals surface area contributed by atoms with Gasteiger partial charge in [-0.25, -0.2) is 0 Å². The molecule has 0 saturated heterocycles. The quantitative estimate of drug-likeness (QED) is 0.351. The lowest BCUT2D eigenvalue weighted by Gasteiger charge is -2.12. The smallest absolute Gasteiger partial charge is 0.222 e. The molecule has 0 unspecified atom stereocenters. The molecule has 0 fully saturated rings. The van der Waals surface area contributed by atoms with E-state index in [1.807, 2.05) is 19.1 Å². The molecule has 0 radical (unpaired) electrons. The fourth-order valence-corrected chi connectivity index (χ4v) is 3.04. The Labute approximate surface area is 183 Å². The number of benzene rings is 1. The number of phenols is 1. The minimum absolute atomic E-state index is 0.